The molecule has 158 valence electrons. The fourth-order valence-electron chi connectivity index (χ4n) is 4.82. The highest BCUT2D eigenvalue weighted by atomic mass is 35.5. The van der Waals surface area contributed by atoms with Gasteiger partial charge in [-0.25, -0.2) is 0 Å². The van der Waals surface area contributed by atoms with Crippen molar-refractivity contribution in [3.63, 3.8) is 0 Å². The van der Waals surface area contributed by atoms with Crippen molar-refractivity contribution in [1.29, 1.82) is 0 Å². The number of rotatable bonds is 5. The minimum Gasteiger partial charge on any atom is -0.492 e. The van der Waals surface area contributed by atoms with Crippen LogP contribution in [-0.4, -0.2) is 17.7 Å². The van der Waals surface area contributed by atoms with Gasteiger partial charge in [0.15, 0.2) is 0 Å². The summed E-state index contributed by atoms with van der Waals surface area (Å²) in [5.41, 5.74) is 6.87. The molecule has 1 N–H and O–H groups in total. The van der Waals surface area contributed by atoms with Crippen LogP contribution >= 0.6 is 11.6 Å². The molecule has 5 rings (SSSR count). The molecule has 0 aromatic heterocycles. The van der Waals surface area contributed by atoms with Gasteiger partial charge in [0.2, 0.25) is 0 Å². The van der Waals surface area contributed by atoms with Crippen molar-refractivity contribution >= 4 is 17.6 Å². The van der Waals surface area contributed by atoms with E-state index in [9.17, 15) is 4.79 Å². The molecule has 31 heavy (non-hydrogen) atoms. The van der Waals surface area contributed by atoms with Gasteiger partial charge < -0.3 is 14.6 Å². The summed E-state index contributed by atoms with van der Waals surface area (Å²) in [6, 6.07) is 18.1. The van der Waals surface area contributed by atoms with Crippen LogP contribution in [0.2, 0.25) is 5.02 Å². The van der Waals surface area contributed by atoms with E-state index in [1.54, 1.807) is 0 Å². The second-order valence-electron chi connectivity index (χ2n) is 8.26. The summed E-state index contributed by atoms with van der Waals surface area (Å²) in [6.07, 6.45) is 1.87. The van der Waals surface area contributed by atoms with Crippen LogP contribution in [0.25, 0.3) is 11.1 Å². The first-order valence-corrected chi connectivity index (χ1v) is 10.9. The number of ether oxygens (including phenoxy) is 2. The van der Waals surface area contributed by atoms with Crippen molar-refractivity contribution in [2.75, 3.05) is 6.61 Å². The molecule has 2 aliphatic rings. The van der Waals surface area contributed by atoms with Crippen LogP contribution in [0.15, 0.2) is 54.6 Å². The quantitative estimate of drug-likeness (QED) is 0.509. The first-order valence-electron chi connectivity index (χ1n) is 10.5. The first-order chi connectivity index (χ1) is 15.0. The molecule has 0 radical (unpaired) electrons. The van der Waals surface area contributed by atoms with Gasteiger partial charge in [0, 0.05) is 28.1 Å². The maximum absolute atomic E-state index is 11.1. The highest BCUT2D eigenvalue weighted by molar-refractivity contribution is 6.33. The lowest BCUT2D eigenvalue weighted by Gasteiger charge is -2.17. The summed E-state index contributed by atoms with van der Waals surface area (Å²) in [7, 11) is 0. The average Bonchev–Trinajstić information content (AvgIpc) is 3.32. The van der Waals surface area contributed by atoms with E-state index in [0.717, 1.165) is 46.1 Å². The lowest BCUT2D eigenvalue weighted by atomic mass is 9.94. The summed E-state index contributed by atoms with van der Waals surface area (Å²) < 4.78 is 12.1. The van der Waals surface area contributed by atoms with Crippen molar-refractivity contribution in [3.05, 3.63) is 81.9 Å². The Morgan fingerprint density at radius 2 is 2.00 bits per heavy atom. The number of fused-ring (bicyclic) bond motifs is 2. The van der Waals surface area contributed by atoms with Gasteiger partial charge in [-0.3, -0.25) is 4.79 Å². The monoisotopic (exact) mass is 434 g/mol. The Kier molecular flexibility index (Phi) is 5.11. The Bertz CT molecular complexity index is 1150. The highest BCUT2D eigenvalue weighted by Crippen LogP contribution is 2.44. The SMILES string of the molecule is Cc1cccc(Cl)c1-c1cccc2c1CCC2Oc1ccc2c(c1)OCC2CC(=O)O. The topological polar surface area (TPSA) is 55.8 Å². The second-order valence-corrected chi connectivity index (χ2v) is 8.66. The normalized spacial score (nSPS) is 18.9. The lowest BCUT2D eigenvalue weighted by molar-refractivity contribution is -0.137. The van der Waals surface area contributed by atoms with Crippen LogP contribution in [0, 0.1) is 6.92 Å². The van der Waals surface area contributed by atoms with E-state index in [0.29, 0.717) is 6.61 Å². The zero-order valence-corrected chi connectivity index (χ0v) is 18.0. The molecule has 0 bridgehead atoms. The summed E-state index contributed by atoms with van der Waals surface area (Å²) in [6.45, 7) is 2.49. The van der Waals surface area contributed by atoms with Crippen molar-refractivity contribution in [1.82, 2.24) is 0 Å². The molecule has 4 nitrogen and oxygen atoms in total. The predicted octanol–water partition coefficient (Wildman–Crippen LogP) is 6.33. The fourth-order valence-corrected chi connectivity index (χ4v) is 5.14. The lowest BCUT2D eigenvalue weighted by Crippen LogP contribution is -2.07. The minimum atomic E-state index is -0.811. The van der Waals surface area contributed by atoms with Crippen LogP contribution in [0.5, 0.6) is 11.5 Å². The van der Waals surface area contributed by atoms with Crippen LogP contribution in [0.1, 0.15) is 47.1 Å². The van der Waals surface area contributed by atoms with Gasteiger partial charge in [-0.2, -0.15) is 0 Å². The largest absolute Gasteiger partial charge is 0.492 e. The number of hydrogen-bond donors (Lipinski definition) is 1. The van der Waals surface area contributed by atoms with Crippen molar-refractivity contribution < 1.29 is 19.4 Å². The zero-order valence-electron chi connectivity index (χ0n) is 17.2. The molecule has 0 amide bonds. The maximum Gasteiger partial charge on any atom is 0.304 e. The van der Waals surface area contributed by atoms with Crippen molar-refractivity contribution in [3.8, 4) is 22.6 Å². The van der Waals surface area contributed by atoms with Crippen LogP contribution in [0.4, 0.5) is 0 Å². The molecule has 1 aliphatic heterocycles. The number of carboxylic acid groups (broad SMARTS) is 1. The zero-order chi connectivity index (χ0) is 21.5. The summed E-state index contributed by atoms with van der Waals surface area (Å²) in [4.78, 5) is 11.1. The van der Waals surface area contributed by atoms with Gasteiger partial charge in [0.25, 0.3) is 0 Å². The van der Waals surface area contributed by atoms with E-state index < -0.39 is 5.97 Å². The average molecular weight is 435 g/mol. The molecule has 1 aliphatic carbocycles. The Morgan fingerprint density at radius 1 is 1.16 bits per heavy atom. The Labute approximate surface area is 186 Å². The Hall–Kier alpha value is -2.98. The van der Waals surface area contributed by atoms with Gasteiger partial charge in [-0.1, -0.05) is 48.0 Å². The molecule has 2 atom stereocenters. The number of benzene rings is 3. The minimum absolute atomic E-state index is 0.0352. The summed E-state index contributed by atoms with van der Waals surface area (Å²) in [5.74, 6) is 0.554. The second kappa shape index (κ2) is 7.93. The van der Waals surface area contributed by atoms with E-state index in [1.807, 2.05) is 30.3 Å². The molecule has 0 saturated heterocycles. The Morgan fingerprint density at radius 3 is 2.81 bits per heavy atom. The highest BCUT2D eigenvalue weighted by Gasteiger charge is 2.30. The van der Waals surface area contributed by atoms with Crippen LogP contribution in [0.3, 0.4) is 0 Å². The molecule has 5 heteroatoms. The first kappa shape index (κ1) is 20.0. The maximum atomic E-state index is 11.1. The van der Waals surface area contributed by atoms with Crippen molar-refractivity contribution in [2.24, 2.45) is 0 Å². The van der Waals surface area contributed by atoms with E-state index in [-0.39, 0.29) is 18.4 Å². The molecule has 3 aromatic rings. The summed E-state index contributed by atoms with van der Waals surface area (Å²) in [5, 5.41) is 9.86. The number of carboxylic acids is 1. The number of hydrogen-bond acceptors (Lipinski definition) is 3. The molecular formula is C26H23ClO4. The molecule has 0 fully saturated rings. The standard InChI is InChI=1S/C26H23ClO4/c1-15-4-2-7-22(27)26(15)21-6-3-5-20-19(21)10-11-23(20)31-17-8-9-18-16(12-25(28)29)14-30-24(18)13-17/h2-9,13,16,23H,10-12,14H2,1H3,(H,28,29). The van der Waals surface area contributed by atoms with Crippen LogP contribution < -0.4 is 9.47 Å². The van der Waals surface area contributed by atoms with E-state index in [1.165, 1.54) is 16.7 Å². The third kappa shape index (κ3) is 3.66. The van der Waals surface area contributed by atoms with Crippen molar-refractivity contribution in [2.45, 2.75) is 38.2 Å². The van der Waals surface area contributed by atoms with Gasteiger partial charge in [-0.05, 0) is 54.2 Å². The molecule has 3 aromatic carbocycles. The van der Waals surface area contributed by atoms with Gasteiger partial charge in [0.05, 0.1) is 13.0 Å². The number of halogens is 1. The molecule has 1 heterocycles. The third-order valence-corrected chi connectivity index (χ3v) is 6.59. The number of aliphatic carboxylic acids is 1. The predicted molar refractivity (Wildman–Crippen MR) is 120 cm³/mol. The van der Waals surface area contributed by atoms with E-state index in [2.05, 4.69) is 31.2 Å². The van der Waals surface area contributed by atoms with E-state index in [4.69, 9.17) is 26.2 Å². The smallest absolute Gasteiger partial charge is 0.304 e. The van der Waals surface area contributed by atoms with Crippen LogP contribution in [-0.2, 0) is 11.2 Å². The molecule has 0 saturated carbocycles. The fraction of sp³-hybridized carbons (Fsp3) is 0.269. The molecule has 2 unspecified atom stereocenters. The van der Waals surface area contributed by atoms with Gasteiger partial charge in [0.1, 0.15) is 17.6 Å². The van der Waals surface area contributed by atoms with E-state index >= 15 is 0 Å². The summed E-state index contributed by atoms with van der Waals surface area (Å²) >= 11 is 6.55. The molecular weight excluding hydrogens is 412 g/mol. The third-order valence-electron chi connectivity index (χ3n) is 6.27. The number of aryl methyl sites for hydroxylation is 1. The Balaban J connectivity index is 1.42. The molecule has 0 spiro atoms. The number of carbonyl (C=O) groups is 1. The van der Waals surface area contributed by atoms with Gasteiger partial charge >= 0.3 is 5.97 Å². The van der Waals surface area contributed by atoms with Gasteiger partial charge in [-0.15, -0.1) is 0 Å².